The molecule has 0 spiro atoms. The zero-order valence-electron chi connectivity index (χ0n) is 8.62. The highest BCUT2D eigenvalue weighted by molar-refractivity contribution is 6.30. The van der Waals surface area contributed by atoms with E-state index in [1.165, 1.54) is 18.4 Å². The Kier molecular flexibility index (Phi) is 3.62. The first-order valence-electron chi connectivity index (χ1n) is 5.41. The molecule has 15 heavy (non-hydrogen) atoms. The van der Waals surface area contributed by atoms with Gasteiger partial charge in [0.05, 0.1) is 6.61 Å². The molecule has 2 N–H and O–H groups in total. The summed E-state index contributed by atoms with van der Waals surface area (Å²) in [5.41, 5.74) is 1.27. The van der Waals surface area contributed by atoms with Gasteiger partial charge in [0.25, 0.3) is 0 Å². The molecule has 1 aromatic rings. The van der Waals surface area contributed by atoms with Crippen molar-refractivity contribution in [3.63, 3.8) is 0 Å². The van der Waals surface area contributed by atoms with Gasteiger partial charge in [0, 0.05) is 17.6 Å². The molecule has 0 bridgehead atoms. The van der Waals surface area contributed by atoms with Crippen molar-refractivity contribution >= 4 is 11.6 Å². The lowest BCUT2D eigenvalue weighted by atomic mass is 10.0. The summed E-state index contributed by atoms with van der Waals surface area (Å²) >= 11 is 5.86. The van der Waals surface area contributed by atoms with Crippen molar-refractivity contribution in [3.8, 4) is 0 Å². The number of hydrogen-bond acceptors (Lipinski definition) is 2. The van der Waals surface area contributed by atoms with Crippen LogP contribution in [0.4, 0.5) is 0 Å². The smallest absolute Gasteiger partial charge is 0.0556 e. The summed E-state index contributed by atoms with van der Waals surface area (Å²) in [5, 5.41) is 13.0. The summed E-state index contributed by atoms with van der Waals surface area (Å²) in [6.07, 6.45) is 2.57. The molecule has 1 fully saturated rings. The summed E-state index contributed by atoms with van der Waals surface area (Å²) in [4.78, 5) is 0. The molecule has 0 aromatic heterocycles. The van der Waals surface area contributed by atoms with Crippen LogP contribution in [-0.2, 0) is 0 Å². The van der Waals surface area contributed by atoms with E-state index in [1.807, 2.05) is 12.1 Å². The molecule has 0 saturated heterocycles. The molecule has 3 heteroatoms. The predicted octanol–water partition coefficient (Wildman–Crippen LogP) is 2.37. The normalized spacial score (nSPS) is 17.7. The molecule has 1 aromatic carbocycles. The first kappa shape index (κ1) is 10.9. The summed E-state index contributed by atoms with van der Waals surface area (Å²) < 4.78 is 0. The molecule has 0 heterocycles. The quantitative estimate of drug-likeness (QED) is 0.807. The van der Waals surface area contributed by atoms with Crippen molar-refractivity contribution < 1.29 is 5.11 Å². The fourth-order valence-electron chi connectivity index (χ4n) is 1.88. The molecule has 2 nitrogen and oxygen atoms in total. The van der Waals surface area contributed by atoms with Crippen molar-refractivity contribution in [2.24, 2.45) is 5.92 Å². The molecule has 1 unspecified atom stereocenters. The van der Waals surface area contributed by atoms with Crippen LogP contribution in [0.15, 0.2) is 24.3 Å². The SMILES string of the molecule is OCCNC(c1ccc(Cl)cc1)C1CC1. The van der Waals surface area contributed by atoms with E-state index in [9.17, 15) is 0 Å². The molecule has 1 aliphatic rings. The number of benzene rings is 1. The van der Waals surface area contributed by atoms with Crippen LogP contribution in [0.5, 0.6) is 0 Å². The first-order chi connectivity index (χ1) is 7.31. The van der Waals surface area contributed by atoms with Crippen LogP contribution in [0.1, 0.15) is 24.4 Å². The second kappa shape index (κ2) is 4.97. The topological polar surface area (TPSA) is 32.3 Å². The monoisotopic (exact) mass is 225 g/mol. The fraction of sp³-hybridized carbons (Fsp3) is 0.500. The van der Waals surface area contributed by atoms with Crippen LogP contribution in [0.2, 0.25) is 5.02 Å². The Balaban J connectivity index is 2.06. The second-order valence-electron chi connectivity index (χ2n) is 4.04. The van der Waals surface area contributed by atoms with Gasteiger partial charge < -0.3 is 10.4 Å². The number of nitrogens with one attached hydrogen (secondary N) is 1. The first-order valence-corrected chi connectivity index (χ1v) is 5.79. The molecular formula is C12H16ClNO. The summed E-state index contributed by atoms with van der Waals surface area (Å²) in [6, 6.07) is 8.36. The minimum Gasteiger partial charge on any atom is -0.395 e. The maximum absolute atomic E-state index is 8.82. The number of rotatable bonds is 5. The largest absolute Gasteiger partial charge is 0.395 e. The van der Waals surface area contributed by atoms with Crippen LogP contribution in [0.3, 0.4) is 0 Å². The lowest BCUT2D eigenvalue weighted by molar-refractivity contribution is 0.280. The highest BCUT2D eigenvalue weighted by Crippen LogP contribution is 2.41. The van der Waals surface area contributed by atoms with Crippen molar-refractivity contribution in [3.05, 3.63) is 34.9 Å². The molecule has 1 aliphatic carbocycles. The van der Waals surface area contributed by atoms with Crippen molar-refractivity contribution in [1.82, 2.24) is 5.32 Å². The van der Waals surface area contributed by atoms with Gasteiger partial charge in [-0.25, -0.2) is 0 Å². The average Bonchev–Trinajstić information content (AvgIpc) is 3.05. The zero-order chi connectivity index (χ0) is 10.7. The van der Waals surface area contributed by atoms with Gasteiger partial charge in [0.1, 0.15) is 0 Å². The minimum atomic E-state index is 0.191. The van der Waals surface area contributed by atoms with Crippen LogP contribution in [0.25, 0.3) is 0 Å². The highest BCUT2D eigenvalue weighted by Gasteiger charge is 2.31. The van der Waals surface area contributed by atoms with Gasteiger partial charge in [-0.05, 0) is 36.5 Å². The van der Waals surface area contributed by atoms with E-state index in [2.05, 4.69) is 17.4 Å². The molecule has 1 saturated carbocycles. The molecule has 0 radical (unpaired) electrons. The van der Waals surface area contributed by atoms with Gasteiger partial charge in [0.15, 0.2) is 0 Å². The van der Waals surface area contributed by atoms with Gasteiger partial charge in [-0.2, -0.15) is 0 Å². The van der Waals surface area contributed by atoms with Crippen LogP contribution < -0.4 is 5.32 Å². The molecule has 0 aliphatic heterocycles. The van der Waals surface area contributed by atoms with E-state index in [4.69, 9.17) is 16.7 Å². The number of aliphatic hydroxyl groups excluding tert-OH is 1. The lowest BCUT2D eigenvalue weighted by Gasteiger charge is -2.18. The van der Waals surface area contributed by atoms with Gasteiger partial charge in [-0.15, -0.1) is 0 Å². The van der Waals surface area contributed by atoms with Crippen LogP contribution in [0, 0.1) is 5.92 Å². The Labute approximate surface area is 95.3 Å². The third kappa shape index (κ3) is 2.94. The molecule has 0 amide bonds. The van der Waals surface area contributed by atoms with Gasteiger partial charge >= 0.3 is 0 Å². The Morgan fingerprint density at radius 2 is 2.00 bits per heavy atom. The predicted molar refractivity (Wildman–Crippen MR) is 62.0 cm³/mol. The number of hydrogen-bond donors (Lipinski definition) is 2. The fourth-order valence-corrected chi connectivity index (χ4v) is 2.00. The van der Waals surface area contributed by atoms with Crippen molar-refractivity contribution in [2.45, 2.75) is 18.9 Å². The third-order valence-electron chi connectivity index (χ3n) is 2.80. The van der Waals surface area contributed by atoms with E-state index in [1.54, 1.807) is 0 Å². The minimum absolute atomic E-state index is 0.191. The Bertz CT molecular complexity index is 308. The standard InChI is InChI=1S/C12H16ClNO/c13-11-5-3-10(4-6-11)12(9-1-2-9)14-7-8-15/h3-6,9,12,14-15H,1-2,7-8H2. The highest BCUT2D eigenvalue weighted by atomic mass is 35.5. The summed E-state index contributed by atoms with van der Waals surface area (Å²) in [7, 11) is 0. The Hall–Kier alpha value is -0.570. The van der Waals surface area contributed by atoms with E-state index < -0.39 is 0 Å². The van der Waals surface area contributed by atoms with E-state index in [0.29, 0.717) is 12.6 Å². The van der Waals surface area contributed by atoms with E-state index in [0.717, 1.165) is 10.9 Å². The number of halogens is 1. The van der Waals surface area contributed by atoms with Gasteiger partial charge in [-0.3, -0.25) is 0 Å². The lowest BCUT2D eigenvalue weighted by Crippen LogP contribution is -2.25. The van der Waals surface area contributed by atoms with E-state index >= 15 is 0 Å². The maximum Gasteiger partial charge on any atom is 0.0556 e. The van der Waals surface area contributed by atoms with E-state index in [-0.39, 0.29) is 6.61 Å². The second-order valence-corrected chi connectivity index (χ2v) is 4.48. The van der Waals surface area contributed by atoms with Crippen LogP contribution in [-0.4, -0.2) is 18.3 Å². The van der Waals surface area contributed by atoms with Crippen molar-refractivity contribution in [2.75, 3.05) is 13.2 Å². The van der Waals surface area contributed by atoms with Gasteiger partial charge in [-0.1, -0.05) is 23.7 Å². The number of aliphatic hydroxyl groups is 1. The van der Waals surface area contributed by atoms with Gasteiger partial charge in [0.2, 0.25) is 0 Å². The van der Waals surface area contributed by atoms with Crippen molar-refractivity contribution in [1.29, 1.82) is 0 Å². The molecule has 2 rings (SSSR count). The maximum atomic E-state index is 8.82. The molecular weight excluding hydrogens is 210 g/mol. The zero-order valence-corrected chi connectivity index (χ0v) is 9.37. The molecule has 82 valence electrons. The Morgan fingerprint density at radius 1 is 1.33 bits per heavy atom. The molecule has 1 atom stereocenters. The van der Waals surface area contributed by atoms with Crippen LogP contribution >= 0.6 is 11.6 Å². The summed E-state index contributed by atoms with van der Waals surface area (Å²) in [5.74, 6) is 0.734. The third-order valence-corrected chi connectivity index (χ3v) is 3.05. The summed E-state index contributed by atoms with van der Waals surface area (Å²) in [6.45, 7) is 0.848. The Morgan fingerprint density at radius 3 is 2.53 bits per heavy atom. The average molecular weight is 226 g/mol.